The zero-order valence-electron chi connectivity index (χ0n) is 9.65. The van der Waals surface area contributed by atoms with Crippen LogP contribution in [0.5, 0.6) is 0 Å². The maximum Gasteiger partial charge on any atom is 0.0575 e. The highest BCUT2D eigenvalue weighted by atomic mass is 35.5. The highest BCUT2D eigenvalue weighted by Gasteiger charge is 2.01. The molecule has 0 saturated heterocycles. The van der Waals surface area contributed by atoms with E-state index in [-0.39, 0.29) is 0 Å². The molecule has 4 nitrogen and oxygen atoms in total. The summed E-state index contributed by atoms with van der Waals surface area (Å²) in [5.41, 5.74) is 8.61. The van der Waals surface area contributed by atoms with Gasteiger partial charge in [0.1, 0.15) is 0 Å². The topological polar surface area (TPSA) is 55.9 Å². The van der Waals surface area contributed by atoms with Crippen LogP contribution in [0.3, 0.4) is 0 Å². The second-order valence-electron chi connectivity index (χ2n) is 3.85. The number of halogens is 1. The van der Waals surface area contributed by atoms with Crippen molar-refractivity contribution in [2.45, 2.75) is 6.42 Å². The number of aromatic nitrogens is 2. The van der Waals surface area contributed by atoms with Crippen molar-refractivity contribution in [2.75, 3.05) is 17.6 Å². The van der Waals surface area contributed by atoms with E-state index < -0.39 is 0 Å². The fourth-order valence-electron chi connectivity index (χ4n) is 1.67. The number of rotatable bonds is 4. The molecule has 5 heteroatoms. The summed E-state index contributed by atoms with van der Waals surface area (Å²) >= 11 is 5.83. The van der Waals surface area contributed by atoms with E-state index in [1.165, 1.54) is 5.69 Å². The predicted octanol–water partition coefficient (Wildman–Crippen LogP) is 2.31. The molecule has 2 rings (SSSR count). The number of hydrogen-bond donors (Lipinski definition) is 2. The average Bonchev–Trinajstić information content (AvgIpc) is 2.68. The summed E-state index contributed by atoms with van der Waals surface area (Å²) in [5.74, 6) is 0. The maximum atomic E-state index is 5.85. The van der Waals surface area contributed by atoms with Gasteiger partial charge in [-0.25, -0.2) is 0 Å². The normalized spacial score (nSPS) is 10.5. The number of nitrogens with two attached hydrogens (primary N) is 1. The zero-order valence-corrected chi connectivity index (χ0v) is 10.4. The molecule has 0 fully saturated rings. The molecule has 0 radical (unpaired) electrons. The summed E-state index contributed by atoms with van der Waals surface area (Å²) < 4.78 is 1.87. The minimum atomic E-state index is 0.652. The van der Waals surface area contributed by atoms with Crippen molar-refractivity contribution in [1.82, 2.24) is 9.78 Å². The SMILES string of the molecule is Cn1nccc1CCNc1ccc(Cl)cc1N. The van der Waals surface area contributed by atoms with Crippen molar-refractivity contribution in [3.8, 4) is 0 Å². The molecule has 0 aliphatic heterocycles. The lowest BCUT2D eigenvalue weighted by atomic mass is 10.2. The standard InChI is InChI=1S/C12H15ClN4/c1-17-10(5-7-16-17)4-6-15-12-3-2-9(13)8-11(12)14/h2-3,5,7-8,15H,4,6,14H2,1H3. The maximum absolute atomic E-state index is 5.85. The van der Waals surface area contributed by atoms with Crippen LogP contribution < -0.4 is 11.1 Å². The van der Waals surface area contributed by atoms with Gasteiger partial charge in [0.25, 0.3) is 0 Å². The molecule has 0 unspecified atom stereocenters. The third-order valence-corrected chi connectivity index (χ3v) is 2.87. The van der Waals surface area contributed by atoms with E-state index in [0.717, 1.165) is 18.7 Å². The molecule has 0 bridgehead atoms. The van der Waals surface area contributed by atoms with Gasteiger partial charge in [-0.15, -0.1) is 0 Å². The Morgan fingerprint density at radius 2 is 2.24 bits per heavy atom. The second-order valence-corrected chi connectivity index (χ2v) is 4.29. The lowest BCUT2D eigenvalue weighted by molar-refractivity contribution is 0.711. The van der Waals surface area contributed by atoms with Gasteiger partial charge in [0.05, 0.1) is 11.4 Å². The van der Waals surface area contributed by atoms with Crippen LogP contribution in [-0.2, 0) is 13.5 Å². The van der Waals surface area contributed by atoms with E-state index >= 15 is 0 Å². The Labute approximate surface area is 105 Å². The molecule has 0 atom stereocenters. The average molecular weight is 251 g/mol. The van der Waals surface area contributed by atoms with Gasteiger partial charge in [-0.05, 0) is 24.3 Å². The van der Waals surface area contributed by atoms with Crippen LogP contribution in [0.2, 0.25) is 5.02 Å². The van der Waals surface area contributed by atoms with E-state index in [0.29, 0.717) is 10.7 Å². The monoisotopic (exact) mass is 250 g/mol. The van der Waals surface area contributed by atoms with Crippen molar-refractivity contribution in [1.29, 1.82) is 0 Å². The number of benzene rings is 1. The third kappa shape index (κ3) is 2.91. The molecule has 0 spiro atoms. The van der Waals surface area contributed by atoms with E-state index in [1.807, 2.05) is 29.9 Å². The van der Waals surface area contributed by atoms with Crippen LogP contribution in [0.4, 0.5) is 11.4 Å². The largest absolute Gasteiger partial charge is 0.397 e. The number of anilines is 2. The van der Waals surface area contributed by atoms with Crippen LogP contribution in [0, 0.1) is 0 Å². The molecule has 17 heavy (non-hydrogen) atoms. The Morgan fingerprint density at radius 3 is 2.88 bits per heavy atom. The highest BCUT2D eigenvalue weighted by molar-refractivity contribution is 6.31. The molecule has 90 valence electrons. The van der Waals surface area contributed by atoms with Crippen molar-refractivity contribution in [3.05, 3.63) is 41.2 Å². The van der Waals surface area contributed by atoms with Gasteiger partial charge in [-0.2, -0.15) is 5.10 Å². The smallest absolute Gasteiger partial charge is 0.0575 e. The lowest BCUT2D eigenvalue weighted by Gasteiger charge is -2.09. The number of aryl methyl sites for hydroxylation is 1. The van der Waals surface area contributed by atoms with Crippen molar-refractivity contribution in [3.63, 3.8) is 0 Å². The minimum absolute atomic E-state index is 0.652. The summed E-state index contributed by atoms with van der Waals surface area (Å²) in [4.78, 5) is 0. The van der Waals surface area contributed by atoms with Crippen LogP contribution in [-0.4, -0.2) is 16.3 Å². The quantitative estimate of drug-likeness (QED) is 0.819. The minimum Gasteiger partial charge on any atom is -0.397 e. The summed E-state index contributed by atoms with van der Waals surface area (Å²) in [7, 11) is 1.94. The zero-order chi connectivity index (χ0) is 12.3. The van der Waals surface area contributed by atoms with Gasteiger partial charge in [0.15, 0.2) is 0 Å². The van der Waals surface area contributed by atoms with E-state index in [4.69, 9.17) is 17.3 Å². The number of hydrogen-bond acceptors (Lipinski definition) is 3. The van der Waals surface area contributed by atoms with Crippen molar-refractivity contribution in [2.24, 2.45) is 7.05 Å². The first kappa shape index (κ1) is 11.8. The Balaban J connectivity index is 1.92. The van der Waals surface area contributed by atoms with Gasteiger partial charge < -0.3 is 11.1 Å². The van der Waals surface area contributed by atoms with Gasteiger partial charge in [-0.3, -0.25) is 4.68 Å². The Hall–Kier alpha value is -1.68. The van der Waals surface area contributed by atoms with Crippen LogP contribution in [0.1, 0.15) is 5.69 Å². The molecule has 1 heterocycles. The number of nitrogen functional groups attached to an aromatic ring is 1. The summed E-state index contributed by atoms with van der Waals surface area (Å²) in [5, 5.41) is 8.05. The van der Waals surface area contributed by atoms with Gasteiger partial charge in [0.2, 0.25) is 0 Å². The Kier molecular flexibility index (Phi) is 3.54. The van der Waals surface area contributed by atoms with Crippen molar-refractivity contribution >= 4 is 23.0 Å². The van der Waals surface area contributed by atoms with Crippen molar-refractivity contribution < 1.29 is 0 Å². The molecule has 1 aromatic carbocycles. The molecule has 3 N–H and O–H groups in total. The molecule has 1 aromatic heterocycles. The van der Waals surface area contributed by atoms with Crippen LogP contribution in [0.25, 0.3) is 0 Å². The fraction of sp³-hybridized carbons (Fsp3) is 0.250. The number of nitrogens with zero attached hydrogens (tertiary/aromatic N) is 2. The predicted molar refractivity (Wildman–Crippen MR) is 71.3 cm³/mol. The lowest BCUT2D eigenvalue weighted by Crippen LogP contribution is -2.09. The third-order valence-electron chi connectivity index (χ3n) is 2.63. The molecule has 2 aromatic rings. The van der Waals surface area contributed by atoms with E-state index in [2.05, 4.69) is 10.4 Å². The molecular weight excluding hydrogens is 236 g/mol. The van der Waals surface area contributed by atoms with E-state index in [1.54, 1.807) is 12.3 Å². The summed E-state index contributed by atoms with van der Waals surface area (Å²) in [6.07, 6.45) is 2.70. The van der Waals surface area contributed by atoms with Crippen LogP contribution >= 0.6 is 11.6 Å². The Morgan fingerprint density at radius 1 is 1.41 bits per heavy atom. The molecular formula is C12H15ClN4. The summed E-state index contributed by atoms with van der Waals surface area (Å²) in [6.45, 7) is 0.811. The van der Waals surface area contributed by atoms with Gasteiger partial charge in [0, 0.05) is 36.9 Å². The summed E-state index contributed by atoms with van der Waals surface area (Å²) in [6, 6.07) is 7.46. The number of nitrogens with one attached hydrogen (secondary N) is 1. The van der Waals surface area contributed by atoms with Gasteiger partial charge in [-0.1, -0.05) is 11.6 Å². The Bertz CT molecular complexity index is 507. The van der Waals surface area contributed by atoms with E-state index in [9.17, 15) is 0 Å². The highest BCUT2D eigenvalue weighted by Crippen LogP contribution is 2.22. The molecule has 0 saturated carbocycles. The first-order valence-corrected chi connectivity index (χ1v) is 5.80. The first-order chi connectivity index (χ1) is 8.16. The second kappa shape index (κ2) is 5.10. The van der Waals surface area contributed by atoms with Gasteiger partial charge >= 0.3 is 0 Å². The molecule has 0 aliphatic carbocycles. The fourth-order valence-corrected chi connectivity index (χ4v) is 1.85. The molecule has 0 aliphatic rings. The first-order valence-electron chi connectivity index (χ1n) is 5.42. The molecule has 0 amide bonds. The van der Waals surface area contributed by atoms with Crippen LogP contribution in [0.15, 0.2) is 30.5 Å².